The summed E-state index contributed by atoms with van der Waals surface area (Å²) in [5, 5.41) is 0. The molecule has 1 aromatic carbocycles. The summed E-state index contributed by atoms with van der Waals surface area (Å²) in [6.07, 6.45) is -1.67. The molecule has 1 heterocycles. The third-order valence-electron chi connectivity index (χ3n) is 2.21. The first-order valence-electron chi connectivity index (χ1n) is 5.07. The molecule has 3 nitrogen and oxygen atoms in total. The number of halogens is 3. The lowest BCUT2D eigenvalue weighted by Gasteiger charge is -2.11. The van der Waals surface area contributed by atoms with Gasteiger partial charge in [-0.15, -0.1) is 0 Å². The third kappa shape index (κ3) is 2.97. The van der Waals surface area contributed by atoms with Gasteiger partial charge in [-0.1, -0.05) is 6.07 Å². The molecule has 0 spiro atoms. The van der Waals surface area contributed by atoms with E-state index in [2.05, 4.69) is 4.99 Å². The minimum atomic E-state index is -4.41. The van der Waals surface area contributed by atoms with E-state index < -0.39 is 11.7 Å². The fourth-order valence-corrected chi connectivity index (χ4v) is 1.37. The van der Waals surface area contributed by atoms with E-state index in [9.17, 15) is 18.0 Å². The second-order valence-corrected chi connectivity index (χ2v) is 3.59. The number of hydrogen-bond donors (Lipinski definition) is 0. The average molecular weight is 255 g/mol. The Morgan fingerprint density at radius 3 is 2.67 bits per heavy atom. The van der Waals surface area contributed by atoms with Crippen molar-refractivity contribution in [2.75, 3.05) is 0 Å². The number of dihydropyridines is 1. The van der Waals surface area contributed by atoms with E-state index in [4.69, 9.17) is 4.74 Å². The number of amides is 1. The van der Waals surface area contributed by atoms with Gasteiger partial charge in [-0.3, -0.25) is 4.79 Å². The Hall–Kier alpha value is -2.11. The van der Waals surface area contributed by atoms with Gasteiger partial charge in [0.15, 0.2) is 0 Å². The Labute approximate surface area is 101 Å². The fourth-order valence-electron chi connectivity index (χ4n) is 1.37. The molecule has 0 N–H and O–H groups in total. The highest BCUT2D eigenvalue weighted by Gasteiger charge is 2.30. The van der Waals surface area contributed by atoms with E-state index >= 15 is 0 Å². The van der Waals surface area contributed by atoms with Crippen LogP contribution in [0.1, 0.15) is 12.0 Å². The molecular weight excluding hydrogens is 247 g/mol. The number of carbonyl (C=O) groups excluding carboxylic acids is 1. The molecule has 1 aliphatic heterocycles. The van der Waals surface area contributed by atoms with Gasteiger partial charge in [-0.2, -0.15) is 13.2 Å². The summed E-state index contributed by atoms with van der Waals surface area (Å²) >= 11 is 0. The maximum Gasteiger partial charge on any atom is 0.416 e. The highest BCUT2D eigenvalue weighted by Crippen LogP contribution is 2.31. The van der Waals surface area contributed by atoms with Gasteiger partial charge in [0.2, 0.25) is 5.91 Å². The summed E-state index contributed by atoms with van der Waals surface area (Å²) in [7, 11) is 0. The summed E-state index contributed by atoms with van der Waals surface area (Å²) in [6.45, 7) is 0. The number of carbonyl (C=O) groups is 1. The van der Waals surface area contributed by atoms with Crippen LogP contribution in [0.25, 0.3) is 0 Å². The molecule has 94 valence electrons. The number of ether oxygens (including phenoxy) is 1. The largest absolute Gasteiger partial charge is 0.456 e. The predicted octanol–water partition coefficient (Wildman–Crippen LogP) is 2.97. The second-order valence-electron chi connectivity index (χ2n) is 3.59. The maximum absolute atomic E-state index is 12.5. The zero-order valence-corrected chi connectivity index (χ0v) is 9.07. The van der Waals surface area contributed by atoms with Crippen LogP contribution in [-0.2, 0) is 11.0 Å². The van der Waals surface area contributed by atoms with E-state index in [1.54, 1.807) is 0 Å². The first kappa shape index (κ1) is 12.3. The summed E-state index contributed by atoms with van der Waals surface area (Å²) in [4.78, 5) is 14.3. The van der Waals surface area contributed by atoms with Gasteiger partial charge in [0.25, 0.3) is 0 Å². The smallest absolute Gasteiger partial charge is 0.416 e. The molecule has 1 aromatic rings. The Bertz CT molecular complexity index is 532. The number of rotatable bonds is 2. The van der Waals surface area contributed by atoms with Crippen LogP contribution in [0.4, 0.5) is 13.2 Å². The standard InChI is InChI=1S/C12H8F3NO2/c13-12(14,15)8-2-1-3-9(6-8)18-10-4-5-11(17)16-7-10/h1-4,6-7H,5H2. The van der Waals surface area contributed by atoms with Crippen LogP contribution >= 0.6 is 0 Å². The van der Waals surface area contributed by atoms with Crippen LogP contribution < -0.4 is 4.74 Å². The van der Waals surface area contributed by atoms with Crippen molar-refractivity contribution in [1.29, 1.82) is 0 Å². The average Bonchev–Trinajstić information content (AvgIpc) is 2.31. The Morgan fingerprint density at radius 2 is 2.06 bits per heavy atom. The van der Waals surface area contributed by atoms with Gasteiger partial charge in [0.05, 0.1) is 18.2 Å². The molecule has 1 aliphatic rings. The van der Waals surface area contributed by atoms with E-state index in [-0.39, 0.29) is 23.8 Å². The molecule has 0 fully saturated rings. The van der Waals surface area contributed by atoms with Crippen LogP contribution in [0.15, 0.2) is 41.1 Å². The van der Waals surface area contributed by atoms with Gasteiger partial charge >= 0.3 is 6.18 Å². The molecule has 0 aliphatic carbocycles. The molecule has 0 saturated carbocycles. The van der Waals surface area contributed by atoms with Crippen LogP contribution in [0.3, 0.4) is 0 Å². The number of hydrogen-bond acceptors (Lipinski definition) is 2. The summed E-state index contributed by atoms with van der Waals surface area (Å²) in [5.74, 6) is -0.00260. The van der Waals surface area contributed by atoms with Gasteiger partial charge < -0.3 is 4.74 Å². The van der Waals surface area contributed by atoms with Gasteiger partial charge in [0.1, 0.15) is 11.5 Å². The molecular formula is C12H8F3NO2. The van der Waals surface area contributed by atoms with Crippen molar-refractivity contribution in [2.45, 2.75) is 12.6 Å². The molecule has 0 saturated heterocycles. The maximum atomic E-state index is 12.5. The Morgan fingerprint density at radius 1 is 1.28 bits per heavy atom. The highest BCUT2D eigenvalue weighted by molar-refractivity contribution is 5.94. The van der Waals surface area contributed by atoms with Crippen molar-refractivity contribution < 1.29 is 22.7 Å². The number of aliphatic imine (C=N–C) groups is 1. The van der Waals surface area contributed by atoms with E-state index in [0.29, 0.717) is 0 Å². The van der Waals surface area contributed by atoms with Crippen LogP contribution in [0.2, 0.25) is 0 Å². The van der Waals surface area contributed by atoms with Crippen molar-refractivity contribution in [1.82, 2.24) is 0 Å². The quantitative estimate of drug-likeness (QED) is 0.814. The fraction of sp³-hybridized carbons (Fsp3) is 0.167. The lowest BCUT2D eigenvalue weighted by Crippen LogP contribution is -2.07. The topological polar surface area (TPSA) is 38.7 Å². The molecule has 2 rings (SSSR count). The van der Waals surface area contributed by atoms with E-state index in [0.717, 1.165) is 12.1 Å². The van der Waals surface area contributed by atoms with Gasteiger partial charge in [-0.25, -0.2) is 4.99 Å². The summed E-state index contributed by atoms with van der Waals surface area (Å²) < 4.78 is 42.6. The molecule has 0 radical (unpaired) electrons. The highest BCUT2D eigenvalue weighted by atomic mass is 19.4. The van der Waals surface area contributed by atoms with Crippen LogP contribution in [0, 0.1) is 0 Å². The minimum Gasteiger partial charge on any atom is -0.456 e. The third-order valence-corrected chi connectivity index (χ3v) is 2.21. The molecule has 0 unspecified atom stereocenters. The molecule has 0 bridgehead atoms. The second kappa shape index (κ2) is 4.64. The predicted molar refractivity (Wildman–Crippen MR) is 58.3 cm³/mol. The summed E-state index contributed by atoms with van der Waals surface area (Å²) in [6, 6.07) is 4.51. The zero-order valence-electron chi connectivity index (χ0n) is 9.07. The van der Waals surface area contributed by atoms with E-state index in [1.165, 1.54) is 24.4 Å². The molecule has 18 heavy (non-hydrogen) atoms. The number of benzene rings is 1. The summed E-state index contributed by atoms with van der Waals surface area (Å²) in [5.41, 5.74) is -0.788. The molecule has 1 amide bonds. The zero-order chi connectivity index (χ0) is 13.2. The Kier molecular flexibility index (Phi) is 3.18. The van der Waals surface area contributed by atoms with Crippen LogP contribution in [-0.4, -0.2) is 12.1 Å². The monoisotopic (exact) mass is 255 g/mol. The van der Waals surface area contributed by atoms with Gasteiger partial charge in [0, 0.05) is 0 Å². The number of allylic oxidation sites excluding steroid dienone is 1. The first-order valence-corrected chi connectivity index (χ1v) is 5.07. The molecule has 0 aromatic heterocycles. The van der Waals surface area contributed by atoms with Gasteiger partial charge in [-0.05, 0) is 24.3 Å². The molecule has 0 atom stereocenters. The first-order chi connectivity index (χ1) is 8.45. The lowest BCUT2D eigenvalue weighted by atomic mass is 10.2. The van der Waals surface area contributed by atoms with Crippen LogP contribution in [0.5, 0.6) is 5.75 Å². The lowest BCUT2D eigenvalue weighted by molar-refractivity contribution is -0.137. The number of alkyl halides is 3. The van der Waals surface area contributed by atoms with Crippen molar-refractivity contribution in [3.8, 4) is 5.75 Å². The van der Waals surface area contributed by atoms with E-state index in [1.807, 2.05) is 0 Å². The van der Waals surface area contributed by atoms with Crippen molar-refractivity contribution >= 4 is 12.1 Å². The molecule has 6 heteroatoms. The van der Waals surface area contributed by atoms with Crippen molar-refractivity contribution in [3.05, 3.63) is 41.7 Å². The van der Waals surface area contributed by atoms with Crippen molar-refractivity contribution in [2.24, 2.45) is 4.99 Å². The minimum absolute atomic E-state index is 0.0527. The van der Waals surface area contributed by atoms with Crippen molar-refractivity contribution in [3.63, 3.8) is 0 Å². The number of nitrogens with zero attached hydrogens (tertiary/aromatic N) is 1. The SMILES string of the molecule is O=C1CC=C(Oc2cccc(C(F)(F)F)c2)C=N1. The Balaban J connectivity index is 2.16. The normalized spacial score (nSPS) is 15.5.